The van der Waals surface area contributed by atoms with Gasteiger partial charge in [0.05, 0.1) is 5.54 Å². The van der Waals surface area contributed by atoms with Crippen LogP contribution in [-0.2, 0) is 15.1 Å². The van der Waals surface area contributed by atoms with E-state index in [9.17, 15) is 4.79 Å². The molecule has 98 valence electrons. The number of hydrogen-bond acceptors (Lipinski definition) is 2. The molecule has 1 saturated carbocycles. The maximum absolute atomic E-state index is 11.8. The minimum absolute atomic E-state index is 0.0875. The number of hydrogen-bond donors (Lipinski definition) is 1. The van der Waals surface area contributed by atoms with E-state index in [1.807, 2.05) is 24.3 Å². The molecule has 18 heavy (non-hydrogen) atoms. The third kappa shape index (κ3) is 3.24. The van der Waals surface area contributed by atoms with Gasteiger partial charge >= 0.3 is 0 Å². The van der Waals surface area contributed by atoms with Gasteiger partial charge in [-0.05, 0) is 37.0 Å². The Hall–Kier alpha value is -1.06. The Bertz CT molecular complexity index is 430. The number of carbonyl (C=O) groups is 1. The van der Waals surface area contributed by atoms with Crippen LogP contribution in [0.2, 0.25) is 5.02 Å². The van der Waals surface area contributed by atoms with E-state index in [1.54, 1.807) is 7.11 Å². The topological polar surface area (TPSA) is 38.3 Å². The molecule has 1 aromatic carbocycles. The summed E-state index contributed by atoms with van der Waals surface area (Å²) in [7, 11) is 1.65. The Kier molecular flexibility index (Phi) is 4.25. The van der Waals surface area contributed by atoms with Gasteiger partial charge in [0.2, 0.25) is 5.91 Å². The molecule has 0 saturated heterocycles. The number of ether oxygens (including phenoxy) is 1. The first-order chi connectivity index (χ1) is 8.66. The smallest absolute Gasteiger partial charge is 0.220 e. The predicted molar refractivity (Wildman–Crippen MR) is 71.6 cm³/mol. The monoisotopic (exact) mass is 267 g/mol. The summed E-state index contributed by atoms with van der Waals surface area (Å²) in [5, 5.41) is 3.83. The second-order valence-electron chi connectivity index (χ2n) is 4.74. The zero-order chi connectivity index (χ0) is 13.0. The maximum Gasteiger partial charge on any atom is 0.220 e. The molecule has 1 N–H and O–H groups in total. The van der Waals surface area contributed by atoms with Crippen molar-refractivity contribution in [1.82, 2.24) is 5.32 Å². The first kappa shape index (κ1) is 13.4. The molecule has 0 heterocycles. The molecule has 1 fully saturated rings. The van der Waals surface area contributed by atoms with E-state index in [0.29, 0.717) is 18.1 Å². The van der Waals surface area contributed by atoms with Crippen LogP contribution in [0.4, 0.5) is 0 Å². The molecule has 1 amide bonds. The van der Waals surface area contributed by atoms with Crippen molar-refractivity contribution in [3.63, 3.8) is 0 Å². The average molecular weight is 268 g/mol. The Labute approximate surface area is 112 Å². The number of rotatable bonds is 6. The summed E-state index contributed by atoms with van der Waals surface area (Å²) >= 11 is 5.99. The molecule has 0 atom stereocenters. The van der Waals surface area contributed by atoms with Gasteiger partial charge in [0, 0.05) is 25.2 Å². The highest BCUT2D eigenvalue weighted by Crippen LogP contribution is 2.46. The third-order valence-electron chi connectivity index (χ3n) is 3.26. The van der Waals surface area contributed by atoms with E-state index in [-0.39, 0.29) is 11.4 Å². The first-order valence-corrected chi connectivity index (χ1v) is 6.60. The number of methoxy groups -OCH3 is 1. The summed E-state index contributed by atoms with van der Waals surface area (Å²) in [6.07, 6.45) is 3.25. The Morgan fingerprint density at radius 3 is 2.89 bits per heavy atom. The maximum atomic E-state index is 11.8. The van der Waals surface area contributed by atoms with E-state index in [0.717, 1.165) is 24.8 Å². The lowest BCUT2D eigenvalue weighted by molar-refractivity contribution is -0.122. The largest absolute Gasteiger partial charge is 0.385 e. The SMILES string of the molecule is COCCCC(=O)NC1(c2cccc(Cl)c2)CC1. The summed E-state index contributed by atoms with van der Waals surface area (Å²) in [6, 6.07) is 7.73. The molecule has 4 heteroatoms. The lowest BCUT2D eigenvalue weighted by Crippen LogP contribution is -2.34. The summed E-state index contributed by atoms with van der Waals surface area (Å²) in [5.41, 5.74) is 0.935. The number of nitrogens with one attached hydrogen (secondary N) is 1. The van der Waals surface area contributed by atoms with Crippen molar-refractivity contribution >= 4 is 17.5 Å². The van der Waals surface area contributed by atoms with E-state index < -0.39 is 0 Å². The quantitative estimate of drug-likeness (QED) is 0.805. The van der Waals surface area contributed by atoms with Crippen LogP contribution in [0.3, 0.4) is 0 Å². The Morgan fingerprint density at radius 1 is 1.50 bits per heavy atom. The van der Waals surface area contributed by atoms with Crippen LogP contribution < -0.4 is 5.32 Å². The molecule has 1 aliphatic rings. The first-order valence-electron chi connectivity index (χ1n) is 6.22. The Balaban J connectivity index is 1.94. The fraction of sp³-hybridized carbons (Fsp3) is 0.500. The summed E-state index contributed by atoms with van der Waals surface area (Å²) in [6.45, 7) is 0.623. The molecule has 3 nitrogen and oxygen atoms in total. The van der Waals surface area contributed by atoms with E-state index in [1.165, 1.54) is 0 Å². The van der Waals surface area contributed by atoms with E-state index >= 15 is 0 Å². The number of halogens is 1. The van der Waals surface area contributed by atoms with Crippen molar-refractivity contribution in [1.29, 1.82) is 0 Å². The molecule has 2 rings (SSSR count). The molecule has 0 bridgehead atoms. The normalized spacial score (nSPS) is 16.3. The molecule has 0 unspecified atom stereocenters. The van der Waals surface area contributed by atoms with Gasteiger partial charge in [-0.3, -0.25) is 4.79 Å². The van der Waals surface area contributed by atoms with Gasteiger partial charge in [0.1, 0.15) is 0 Å². The van der Waals surface area contributed by atoms with Crippen LogP contribution in [0.15, 0.2) is 24.3 Å². The van der Waals surface area contributed by atoms with Crippen LogP contribution in [0.25, 0.3) is 0 Å². The van der Waals surface area contributed by atoms with Gasteiger partial charge in [-0.2, -0.15) is 0 Å². The molecule has 1 aliphatic carbocycles. The van der Waals surface area contributed by atoms with Crippen molar-refractivity contribution in [3.05, 3.63) is 34.9 Å². The lowest BCUT2D eigenvalue weighted by Gasteiger charge is -2.18. The Morgan fingerprint density at radius 2 is 2.28 bits per heavy atom. The molecule has 0 aliphatic heterocycles. The van der Waals surface area contributed by atoms with Crippen LogP contribution in [-0.4, -0.2) is 19.6 Å². The fourth-order valence-electron chi connectivity index (χ4n) is 2.10. The number of carbonyl (C=O) groups excluding carboxylic acids is 1. The molecule has 0 spiro atoms. The van der Waals surface area contributed by atoms with Gasteiger partial charge in [-0.15, -0.1) is 0 Å². The zero-order valence-corrected chi connectivity index (χ0v) is 11.3. The highest BCUT2D eigenvalue weighted by atomic mass is 35.5. The predicted octanol–water partition coefficient (Wildman–Crippen LogP) is 2.87. The van der Waals surface area contributed by atoms with Gasteiger partial charge in [-0.25, -0.2) is 0 Å². The van der Waals surface area contributed by atoms with Gasteiger partial charge in [-0.1, -0.05) is 23.7 Å². The average Bonchev–Trinajstić information content (AvgIpc) is 3.10. The van der Waals surface area contributed by atoms with E-state index in [2.05, 4.69) is 5.32 Å². The van der Waals surface area contributed by atoms with Crippen molar-refractivity contribution in [2.45, 2.75) is 31.2 Å². The van der Waals surface area contributed by atoms with Crippen LogP contribution in [0.5, 0.6) is 0 Å². The highest BCUT2D eigenvalue weighted by molar-refractivity contribution is 6.30. The summed E-state index contributed by atoms with van der Waals surface area (Å²) in [4.78, 5) is 11.8. The van der Waals surface area contributed by atoms with Crippen LogP contribution in [0.1, 0.15) is 31.2 Å². The second-order valence-corrected chi connectivity index (χ2v) is 5.17. The molecule has 0 radical (unpaired) electrons. The van der Waals surface area contributed by atoms with Crippen LogP contribution >= 0.6 is 11.6 Å². The highest BCUT2D eigenvalue weighted by Gasteiger charge is 2.45. The minimum Gasteiger partial charge on any atom is -0.385 e. The third-order valence-corrected chi connectivity index (χ3v) is 3.49. The van der Waals surface area contributed by atoms with Crippen molar-refractivity contribution in [2.75, 3.05) is 13.7 Å². The van der Waals surface area contributed by atoms with Crippen LogP contribution in [0, 0.1) is 0 Å². The molecular formula is C14H18ClNO2. The van der Waals surface area contributed by atoms with Crippen molar-refractivity contribution in [2.24, 2.45) is 0 Å². The molecule has 0 aromatic heterocycles. The van der Waals surface area contributed by atoms with E-state index in [4.69, 9.17) is 16.3 Å². The van der Waals surface area contributed by atoms with Crippen molar-refractivity contribution in [3.8, 4) is 0 Å². The summed E-state index contributed by atoms with van der Waals surface area (Å²) in [5.74, 6) is 0.0875. The van der Waals surface area contributed by atoms with Crippen molar-refractivity contribution < 1.29 is 9.53 Å². The lowest BCUT2D eigenvalue weighted by atomic mass is 10.0. The van der Waals surface area contributed by atoms with Gasteiger partial charge in [0.15, 0.2) is 0 Å². The summed E-state index contributed by atoms with van der Waals surface area (Å²) < 4.78 is 4.94. The second kappa shape index (κ2) is 5.72. The van der Waals surface area contributed by atoms with Gasteiger partial charge < -0.3 is 10.1 Å². The number of benzene rings is 1. The molecule has 1 aromatic rings. The van der Waals surface area contributed by atoms with Gasteiger partial charge in [0.25, 0.3) is 0 Å². The zero-order valence-electron chi connectivity index (χ0n) is 10.5. The fourth-order valence-corrected chi connectivity index (χ4v) is 2.29. The number of amides is 1. The molecular weight excluding hydrogens is 250 g/mol. The minimum atomic E-state index is -0.172. The standard InChI is InChI=1S/C14H18ClNO2/c1-18-9-3-6-13(17)16-14(7-8-14)11-4-2-5-12(15)10-11/h2,4-5,10H,3,6-9H2,1H3,(H,16,17).